The Kier molecular flexibility index (Phi) is 5.99. The summed E-state index contributed by atoms with van der Waals surface area (Å²) in [6, 6.07) is 17.2. The summed E-state index contributed by atoms with van der Waals surface area (Å²) in [4.78, 5) is 20.9. The molecule has 138 valence electrons. The third-order valence-electron chi connectivity index (χ3n) is 4.03. The molecule has 0 spiro atoms. The molecule has 0 unspecified atom stereocenters. The fourth-order valence-electron chi connectivity index (χ4n) is 2.71. The summed E-state index contributed by atoms with van der Waals surface area (Å²) in [5.41, 5.74) is 3.37. The molecule has 0 aliphatic carbocycles. The highest BCUT2D eigenvalue weighted by Crippen LogP contribution is 2.17. The highest BCUT2D eigenvalue weighted by molar-refractivity contribution is 5.92. The predicted octanol–water partition coefficient (Wildman–Crippen LogP) is 3.51. The lowest BCUT2D eigenvalue weighted by Gasteiger charge is -2.10. The zero-order chi connectivity index (χ0) is 19.1. The molecular weight excluding hydrogens is 340 g/mol. The first-order valence-corrected chi connectivity index (χ1v) is 8.72. The van der Waals surface area contributed by atoms with Crippen molar-refractivity contribution in [2.45, 2.75) is 13.3 Å². The van der Waals surface area contributed by atoms with Gasteiger partial charge in [-0.05, 0) is 48.7 Å². The maximum atomic E-state index is 12.4. The van der Waals surface area contributed by atoms with Crippen molar-refractivity contribution in [1.29, 1.82) is 0 Å². The Morgan fingerprint density at radius 2 is 1.96 bits per heavy atom. The predicted molar refractivity (Wildman–Crippen MR) is 106 cm³/mol. The van der Waals surface area contributed by atoms with Gasteiger partial charge in [0, 0.05) is 18.4 Å². The van der Waals surface area contributed by atoms with E-state index < -0.39 is 0 Å². The topological polar surface area (TPSA) is 76.1 Å². The lowest BCUT2D eigenvalue weighted by Crippen LogP contribution is -2.26. The normalized spacial score (nSPS) is 10.3. The third-order valence-corrected chi connectivity index (χ3v) is 4.03. The van der Waals surface area contributed by atoms with Crippen LogP contribution in [0.2, 0.25) is 0 Å². The summed E-state index contributed by atoms with van der Waals surface area (Å²) >= 11 is 0. The minimum absolute atomic E-state index is 0.236. The van der Waals surface area contributed by atoms with Crippen molar-refractivity contribution in [1.82, 2.24) is 15.3 Å². The zero-order valence-corrected chi connectivity index (χ0v) is 15.4. The van der Waals surface area contributed by atoms with Crippen molar-refractivity contribution in [2.75, 3.05) is 19.0 Å². The first-order chi connectivity index (χ1) is 13.2. The molecule has 0 saturated carbocycles. The van der Waals surface area contributed by atoms with Crippen LogP contribution in [0.4, 0.5) is 11.6 Å². The lowest BCUT2D eigenvalue weighted by atomic mass is 10.1. The van der Waals surface area contributed by atoms with Gasteiger partial charge in [0.25, 0.3) is 5.91 Å². The molecule has 27 heavy (non-hydrogen) atoms. The molecule has 0 saturated heterocycles. The number of para-hydroxylation sites is 1. The van der Waals surface area contributed by atoms with Crippen LogP contribution in [0.15, 0.2) is 60.8 Å². The molecule has 1 amide bonds. The smallest absolute Gasteiger partial charge is 0.270 e. The van der Waals surface area contributed by atoms with E-state index >= 15 is 0 Å². The Morgan fingerprint density at radius 1 is 1.11 bits per heavy atom. The Labute approximate surface area is 158 Å². The van der Waals surface area contributed by atoms with E-state index in [0.717, 1.165) is 22.6 Å². The Morgan fingerprint density at radius 3 is 2.78 bits per heavy atom. The number of hydrogen-bond donors (Lipinski definition) is 2. The Balaban J connectivity index is 1.60. The fourth-order valence-corrected chi connectivity index (χ4v) is 2.71. The van der Waals surface area contributed by atoms with Crippen LogP contribution in [0.25, 0.3) is 0 Å². The van der Waals surface area contributed by atoms with Crippen molar-refractivity contribution >= 4 is 17.5 Å². The molecule has 0 aliphatic rings. The van der Waals surface area contributed by atoms with Gasteiger partial charge in [-0.3, -0.25) is 4.79 Å². The zero-order valence-electron chi connectivity index (χ0n) is 15.4. The largest absolute Gasteiger partial charge is 0.496 e. The van der Waals surface area contributed by atoms with Gasteiger partial charge in [-0.15, -0.1) is 0 Å². The second-order valence-corrected chi connectivity index (χ2v) is 6.08. The van der Waals surface area contributed by atoms with Gasteiger partial charge < -0.3 is 15.4 Å². The van der Waals surface area contributed by atoms with E-state index in [0.29, 0.717) is 24.6 Å². The molecule has 0 aliphatic heterocycles. The molecule has 1 aromatic heterocycles. The number of nitrogens with one attached hydrogen (secondary N) is 2. The lowest BCUT2D eigenvalue weighted by molar-refractivity contribution is 0.0949. The molecule has 6 heteroatoms. The minimum Gasteiger partial charge on any atom is -0.496 e. The van der Waals surface area contributed by atoms with E-state index in [-0.39, 0.29) is 5.91 Å². The summed E-state index contributed by atoms with van der Waals surface area (Å²) in [6.07, 6.45) is 2.25. The maximum Gasteiger partial charge on any atom is 0.270 e. The molecule has 2 aromatic carbocycles. The molecule has 0 bridgehead atoms. The number of methoxy groups -OCH3 is 1. The first-order valence-electron chi connectivity index (χ1n) is 8.72. The van der Waals surface area contributed by atoms with Crippen molar-refractivity contribution in [3.05, 3.63) is 77.6 Å². The van der Waals surface area contributed by atoms with Crippen LogP contribution in [-0.4, -0.2) is 29.5 Å². The van der Waals surface area contributed by atoms with Crippen molar-refractivity contribution < 1.29 is 9.53 Å². The summed E-state index contributed by atoms with van der Waals surface area (Å²) in [5, 5.41) is 6.00. The Bertz CT molecular complexity index is 927. The van der Waals surface area contributed by atoms with Crippen molar-refractivity contribution in [3.8, 4) is 5.75 Å². The van der Waals surface area contributed by atoms with Crippen LogP contribution in [0, 0.1) is 6.92 Å². The third kappa shape index (κ3) is 5.04. The van der Waals surface area contributed by atoms with E-state index in [9.17, 15) is 4.79 Å². The number of amides is 1. The SMILES string of the molecule is COc1ccccc1CCNC(=O)c1ccnc(Nc2cccc(C)c2)n1. The van der Waals surface area contributed by atoms with Gasteiger partial charge in [0.2, 0.25) is 5.95 Å². The molecule has 3 rings (SSSR count). The number of rotatable bonds is 7. The second-order valence-electron chi connectivity index (χ2n) is 6.08. The van der Waals surface area contributed by atoms with Crippen molar-refractivity contribution in [2.24, 2.45) is 0 Å². The number of carbonyl (C=O) groups excluding carboxylic acids is 1. The van der Waals surface area contributed by atoms with Crippen LogP contribution in [0.5, 0.6) is 5.75 Å². The highest BCUT2D eigenvalue weighted by atomic mass is 16.5. The van der Waals surface area contributed by atoms with E-state index in [1.165, 1.54) is 0 Å². The van der Waals surface area contributed by atoms with Crippen LogP contribution < -0.4 is 15.4 Å². The maximum absolute atomic E-state index is 12.4. The molecule has 1 heterocycles. The molecule has 6 nitrogen and oxygen atoms in total. The van der Waals surface area contributed by atoms with Gasteiger partial charge >= 0.3 is 0 Å². The van der Waals surface area contributed by atoms with Crippen LogP contribution in [-0.2, 0) is 6.42 Å². The number of aromatic nitrogens is 2. The van der Waals surface area contributed by atoms with Gasteiger partial charge in [-0.25, -0.2) is 9.97 Å². The van der Waals surface area contributed by atoms with Crippen LogP contribution in [0.1, 0.15) is 21.6 Å². The van der Waals surface area contributed by atoms with Gasteiger partial charge in [-0.1, -0.05) is 30.3 Å². The van der Waals surface area contributed by atoms with E-state index in [2.05, 4.69) is 20.6 Å². The fraction of sp³-hybridized carbons (Fsp3) is 0.190. The summed E-state index contributed by atoms with van der Waals surface area (Å²) in [7, 11) is 1.64. The molecule has 0 atom stereocenters. The number of aryl methyl sites for hydroxylation is 1. The van der Waals surface area contributed by atoms with Crippen LogP contribution in [0.3, 0.4) is 0 Å². The molecule has 3 aromatic rings. The van der Waals surface area contributed by atoms with Gasteiger partial charge in [0.1, 0.15) is 11.4 Å². The van der Waals surface area contributed by atoms with E-state index in [1.807, 2.05) is 55.5 Å². The number of hydrogen-bond acceptors (Lipinski definition) is 5. The van der Waals surface area contributed by atoms with Crippen LogP contribution >= 0.6 is 0 Å². The van der Waals surface area contributed by atoms with E-state index in [1.54, 1.807) is 19.4 Å². The molecule has 0 radical (unpaired) electrons. The number of benzene rings is 2. The minimum atomic E-state index is -0.236. The van der Waals surface area contributed by atoms with Gasteiger partial charge in [0.15, 0.2) is 0 Å². The quantitative estimate of drug-likeness (QED) is 0.673. The number of carbonyl (C=O) groups is 1. The monoisotopic (exact) mass is 362 g/mol. The average Bonchev–Trinajstić information content (AvgIpc) is 2.68. The summed E-state index contributed by atoms with van der Waals surface area (Å²) in [5.74, 6) is 0.969. The first kappa shape index (κ1) is 18.4. The summed E-state index contributed by atoms with van der Waals surface area (Å²) in [6.45, 7) is 2.50. The highest BCUT2D eigenvalue weighted by Gasteiger charge is 2.09. The number of nitrogens with zero attached hydrogens (tertiary/aromatic N) is 2. The standard InChI is InChI=1S/C21H22N4O2/c1-15-6-5-8-17(14-15)24-21-23-13-11-18(25-21)20(26)22-12-10-16-7-3-4-9-19(16)27-2/h3-9,11,13-14H,10,12H2,1-2H3,(H,22,26)(H,23,24,25). The van der Waals surface area contributed by atoms with Crippen molar-refractivity contribution in [3.63, 3.8) is 0 Å². The molecular formula is C21H22N4O2. The average molecular weight is 362 g/mol. The molecule has 2 N–H and O–H groups in total. The van der Waals surface area contributed by atoms with Gasteiger partial charge in [0.05, 0.1) is 7.11 Å². The summed E-state index contributed by atoms with van der Waals surface area (Å²) < 4.78 is 5.33. The number of ether oxygens (including phenoxy) is 1. The number of anilines is 2. The molecule has 0 fully saturated rings. The van der Waals surface area contributed by atoms with E-state index in [4.69, 9.17) is 4.74 Å². The second kappa shape index (κ2) is 8.80. The van der Waals surface area contributed by atoms with Gasteiger partial charge in [-0.2, -0.15) is 0 Å². The Hall–Kier alpha value is -3.41.